The van der Waals surface area contributed by atoms with Gasteiger partial charge in [-0.2, -0.15) is 0 Å². The average molecular weight is 229 g/mol. The molecule has 88 valence electrons. The second-order valence-corrected chi connectivity index (χ2v) is 4.63. The van der Waals surface area contributed by atoms with E-state index in [1.165, 1.54) is 0 Å². The maximum Gasteiger partial charge on any atom is 0.134 e. The average Bonchev–Trinajstić information content (AvgIpc) is 2.27. The molecule has 1 saturated heterocycles. The quantitative estimate of drug-likeness (QED) is 0.822. The molecular formula is C13H15N3O. The van der Waals surface area contributed by atoms with Crippen LogP contribution in [-0.2, 0) is 0 Å². The van der Waals surface area contributed by atoms with Crippen molar-refractivity contribution in [3.05, 3.63) is 30.5 Å². The molecule has 2 heterocycles. The SMILES string of the molecule is CN1CC(Nc2nccc3cc(O)ccc23)C1. The molecule has 0 atom stereocenters. The number of fused-ring (bicyclic) bond motifs is 1. The lowest BCUT2D eigenvalue weighted by Gasteiger charge is -2.37. The van der Waals surface area contributed by atoms with Crippen LogP contribution in [-0.4, -0.2) is 41.2 Å². The van der Waals surface area contributed by atoms with Crippen LogP contribution in [0.3, 0.4) is 0 Å². The van der Waals surface area contributed by atoms with Crippen LogP contribution in [0.5, 0.6) is 5.75 Å². The number of likely N-dealkylation sites (N-methyl/N-ethyl adjacent to an activating group) is 1. The molecule has 1 fully saturated rings. The summed E-state index contributed by atoms with van der Waals surface area (Å²) in [5, 5.41) is 14.9. The molecule has 4 heteroatoms. The van der Waals surface area contributed by atoms with Gasteiger partial charge in [-0.1, -0.05) is 0 Å². The van der Waals surface area contributed by atoms with Gasteiger partial charge in [0.2, 0.25) is 0 Å². The van der Waals surface area contributed by atoms with Gasteiger partial charge >= 0.3 is 0 Å². The molecule has 3 rings (SSSR count). The van der Waals surface area contributed by atoms with Gasteiger partial charge in [0.05, 0.1) is 6.04 Å². The Morgan fingerprint density at radius 3 is 2.94 bits per heavy atom. The summed E-state index contributed by atoms with van der Waals surface area (Å²) in [6, 6.07) is 7.75. The summed E-state index contributed by atoms with van der Waals surface area (Å²) < 4.78 is 0. The van der Waals surface area contributed by atoms with Crippen molar-refractivity contribution in [1.29, 1.82) is 0 Å². The number of hydrogen-bond donors (Lipinski definition) is 2. The molecule has 4 nitrogen and oxygen atoms in total. The van der Waals surface area contributed by atoms with E-state index in [-0.39, 0.29) is 5.75 Å². The second-order valence-electron chi connectivity index (χ2n) is 4.63. The van der Waals surface area contributed by atoms with E-state index in [9.17, 15) is 5.11 Å². The van der Waals surface area contributed by atoms with E-state index in [4.69, 9.17) is 0 Å². The number of nitrogens with zero attached hydrogens (tertiary/aromatic N) is 2. The number of likely N-dealkylation sites (tertiary alicyclic amines) is 1. The highest BCUT2D eigenvalue weighted by Crippen LogP contribution is 2.25. The molecule has 0 unspecified atom stereocenters. The predicted molar refractivity (Wildman–Crippen MR) is 68.3 cm³/mol. The number of phenols is 1. The van der Waals surface area contributed by atoms with E-state index < -0.39 is 0 Å². The van der Waals surface area contributed by atoms with Gasteiger partial charge in [-0.3, -0.25) is 0 Å². The lowest BCUT2D eigenvalue weighted by molar-refractivity contribution is 0.205. The van der Waals surface area contributed by atoms with Crippen LogP contribution < -0.4 is 5.32 Å². The first-order valence-electron chi connectivity index (χ1n) is 5.75. The van der Waals surface area contributed by atoms with E-state index in [2.05, 4.69) is 22.2 Å². The summed E-state index contributed by atoms with van der Waals surface area (Å²) in [6.07, 6.45) is 1.77. The summed E-state index contributed by atoms with van der Waals surface area (Å²) in [5.41, 5.74) is 0. The molecule has 1 aliphatic rings. The Hall–Kier alpha value is -1.81. The highest BCUT2D eigenvalue weighted by atomic mass is 16.3. The van der Waals surface area contributed by atoms with Crippen LogP contribution in [0, 0.1) is 0 Å². The van der Waals surface area contributed by atoms with Gasteiger partial charge in [0, 0.05) is 24.7 Å². The van der Waals surface area contributed by atoms with E-state index >= 15 is 0 Å². The minimum Gasteiger partial charge on any atom is -0.508 e. The maximum absolute atomic E-state index is 9.45. The first kappa shape index (κ1) is 10.4. The summed E-state index contributed by atoms with van der Waals surface area (Å²) in [6.45, 7) is 2.10. The normalized spacial score (nSPS) is 17.0. The number of nitrogens with one attached hydrogen (secondary N) is 1. The highest BCUT2D eigenvalue weighted by Gasteiger charge is 2.23. The number of hydrogen-bond acceptors (Lipinski definition) is 4. The predicted octanol–water partition coefficient (Wildman–Crippen LogP) is 1.67. The van der Waals surface area contributed by atoms with Gasteiger partial charge in [0.1, 0.15) is 11.6 Å². The van der Waals surface area contributed by atoms with E-state index in [0.29, 0.717) is 6.04 Å². The van der Waals surface area contributed by atoms with Crippen molar-refractivity contribution in [2.45, 2.75) is 6.04 Å². The fraction of sp³-hybridized carbons (Fsp3) is 0.308. The lowest BCUT2D eigenvalue weighted by Crippen LogP contribution is -2.52. The van der Waals surface area contributed by atoms with Crippen LogP contribution in [0.15, 0.2) is 30.5 Å². The van der Waals surface area contributed by atoms with Gasteiger partial charge in [0.25, 0.3) is 0 Å². The Morgan fingerprint density at radius 1 is 1.35 bits per heavy atom. The monoisotopic (exact) mass is 229 g/mol. The molecule has 0 spiro atoms. The number of rotatable bonds is 2. The molecule has 1 aliphatic heterocycles. The number of aromatic nitrogens is 1. The van der Waals surface area contributed by atoms with Crippen LogP contribution in [0.2, 0.25) is 0 Å². The zero-order chi connectivity index (χ0) is 11.8. The molecular weight excluding hydrogens is 214 g/mol. The van der Waals surface area contributed by atoms with Crippen molar-refractivity contribution in [3.8, 4) is 5.75 Å². The standard InChI is InChI=1S/C13H15N3O/c1-16-7-10(8-16)15-13-12-3-2-11(17)6-9(12)4-5-14-13/h2-6,10,17H,7-8H2,1H3,(H,14,15). The fourth-order valence-corrected chi connectivity index (χ4v) is 2.26. The third-order valence-electron chi connectivity index (χ3n) is 3.15. The molecule has 0 bridgehead atoms. The molecule has 0 aliphatic carbocycles. The second kappa shape index (κ2) is 3.89. The molecule has 0 radical (unpaired) electrons. The Bertz CT molecular complexity index is 549. The Morgan fingerprint density at radius 2 is 2.18 bits per heavy atom. The minimum absolute atomic E-state index is 0.290. The number of aromatic hydroxyl groups is 1. The minimum atomic E-state index is 0.290. The van der Waals surface area contributed by atoms with Gasteiger partial charge in [0.15, 0.2) is 0 Å². The van der Waals surface area contributed by atoms with Crippen molar-refractivity contribution in [2.75, 3.05) is 25.5 Å². The zero-order valence-electron chi connectivity index (χ0n) is 9.72. The maximum atomic E-state index is 9.45. The number of benzene rings is 1. The number of pyridine rings is 1. The van der Waals surface area contributed by atoms with E-state index in [1.807, 2.05) is 12.1 Å². The molecule has 0 amide bonds. The van der Waals surface area contributed by atoms with Gasteiger partial charge < -0.3 is 15.3 Å². The largest absolute Gasteiger partial charge is 0.508 e. The lowest BCUT2D eigenvalue weighted by atomic mass is 10.1. The van der Waals surface area contributed by atoms with Crippen LogP contribution in [0.4, 0.5) is 5.82 Å². The molecule has 17 heavy (non-hydrogen) atoms. The molecule has 0 saturated carbocycles. The smallest absolute Gasteiger partial charge is 0.134 e. The van der Waals surface area contributed by atoms with E-state index in [0.717, 1.165) is 29.7 Å². The van der Waals surface area contributed by atoms with Crippen molar-refractivity contribution >= 4 is 16.6 Å². The van der Waals surface area contributed by atoms with E-state index in [1.54, 1.807) is 18.3 Å². The Balaban J connectivity index is 1.93. The van der Waals surface area contributed by atoms with Crippen molar-refractivity contribution in [2.24, 2.45) is 0 Å². The molecule has 1 aromatic carbocycles. The zero-order valence-corrected chi connectivity index (χ0v) is 9.72. The molecule has 2 aromatic rings. The van der Waals surface area contributed by atoms with Crippen LogP contribution >= 0.6 is 0 Å². The van der Waals surface area contributed by atoms with Gasteiger partial charge in [-0.05, 0) is 36.7 Å². The summed E-state index contributed by atoms with van der Waals surface area (Å²) >= 11 is 0. The van der Waals surface area contributed by atoms with Crippen LogP contribution in [0.1, 0.15) is 0 Å². The molecule has 2 N–H and O–H groups in total. The summed E-state index contributed by atoms with van der Waals surface area (Å²) in [4.78, 5) is 6.63. The third kappa shape index (κ3) is 1.91. The van der Waals surface area contributed by atoms with Crippen molar-refractivity contribution in [3.63, 3.8) is 0 Å². The van der Waals surface area contributed by atoms with Crippen LogP contribution in [0.25, 0.3) is 10.8 Å². The summed E-state index contributed by atoms with van der Waals surface area (Å²) in [5.74, 6) is 1.19. The fourth-order valence-electron chi connectivity index (χ4n) is 2.26. The number of phenolic OH excluding ortho intramolecular Hbond substituents is 1. The highest BCUT2D eigenvalue weighted by molar-refractivity contribution is 5.92. The van der Waals surface area contributed by atoms with Crippen molar-refractivity contribution < 1.29 is 5.11 Å². The third-order valence-corrected chi connectivity index (χ3v) is 3.15. The summed E-state index contributed by atoms with van der Waals surface area (Å²) in [7, 11) is 2.10. The van der Waals surface area contributed by atoms with Gasteiger partial charge in [-0.25, -0.2) is 4.98 Å². The first-order chi connectivity index (χ1) is 8.22. The topological polar surface area (TPSA) is 48.4 Å². The van der Waals surface area contributed by atoms with Crippen molar-refractivity contribution in [1.82, 2.24) is 9.88 Å². The number of anilines is 1. The van der Waals surface area contributed by atoms with Gasteiger partial charge in [-0.15, -0.1) is 0 Å². The molecule has 1 aromatic heterocycles. The Labute approximate surface area is 99.9 Å². The Kier molecular flexibility index (Phi) is 2.37. The first-order valence-corrected chi connectivity index (χ1v) is 5.75.